The lowest BCUT2D eigenvalue weighted by molar-refractivity contribution is 0.0915. The van der Waals surface area contributed by atoms with Gasteiger partial charge in [0.25, 0.3) is 11.5 Å². The molecule has 1 fully saturated rings. The minimum atomic E-state index is -0.266. The molecule has 0 unspecified atom stereocenters. The van der Waals surface area contributed by atoms with Gasteiger partial charge in [0.2, 0.25) is 0 Å². The van der Waals surface area contributed by atoms with Gasteiger partial charge < -0.3 is 10.3 Å². The van der Waals surface area contributed by atoms with E-state index in [2.05, 4.69) is 17.2 Å². The van der Waals surface area contributed by atoms with Crippen LogP contribution in [0.25, 0.3) is 0 Å². The van der Waals surface area contributed by atoms with E-state index in [4.69, 9.17) is 0 Å². The summed E-state index contributed by atoms with van der Waals surface area (Å²) in [5.74, 6) is -0.233. The van der Waals surface area contributed by atoms with Gasteiger partial charge in [-0.05, 0) is 43.7 Å². The molecule has 0 atom stereocenters. The number of aromatic amines is 1. The minimum Gasteiger partial charge on any atom is -0.349 e. The van der Waals surface area contributed by atoms with Gasteiger partial charge in [0.05, 0.1) is 0 Å². The van der Waals surface area contributed by atoms with Crippen LogP contribution in [0.5, 0.6) is 0 Å². The molecule has 4 nitrogen and oxygen atoms in total. The fourth-order valence-corrected chi connectivity index (χ4v) is 2.38. The predicted octanol–water partition coefficient (Wildman–Crippen LogP) is 2.17. The van der Waals surface area contributed by atoms with E-state index in [1.54, 1.807) is 6.07 Å². The molecule has 2 rings (SSSR count). The van der Waals surface area contributed by atoms with E-state index in [0.717, 1.165) is 49.8 Å². The van der Waals surface area contributed by atoms with E-state index in [9.17, 15) is 9.59 Å². The summed E-state index contributed by atoms with van der Waals surface area (Å²) in [6, 6.07) is 2.02. The summed E-state index contributed by atoms with van der Waals surface area (Å²) in [6.07, 6.45) is 5.88. The summed E-state index contributed by atoms with van der Waals surface area (Å²) < 4.78 is 0. The maximum Gasteiger partial charge on any atom is 0.261 e. The molecule has 19 heavy (non-hydrogen) atoms. The van der Waals surface area contributed by atoms with Crippen molar-refractivity contribution in [1.82, 2.24) is 10.3 Å². The Morgan fingerprint density at radius 2 is 2.16 bits per heavy atom. The normalized spacial score (nSPS) is 15.1. The Morgan fingerprint density at radius 3 is 2.68 bits per heavy atom. The first-order valence-corrected chi connectivity index (χ1v) is 7.21. The van der Waals surface area contributed by atoms with Crippen molar-refractivity contribution in [3.05, 3.63) is 33.2 Å². The van der Waals surface area contributed by atoms with Crippen LogP contribution in [-0.4, -0.2) is 16.9 Å². The van der Waals surface area contributed by atoms with Crippen LogP contribution in [0, 0.1) is 0 Å². The molecule has 4 heteroatoms. The Kier molecular flexibility index (Phi) is 4.40. The van der Waals surface area contributed by atoms with Gasteiger partial charge in [0, 0.05) is 11.7 Å². The SMILES string of the molecule is CCCc1[nH]c(=O)c(C(=O)NC2CCC2)cc1CC. The first-order chi connectivity index (χ1) is 9.15. The molecule has 1 heterocycles. The number of nitrogens with one attached hydrogen (secondary N) is 2. The highest BCUT2D eigenvalue weighted by atomic mass is 16.2. The van der Waals surface area contributed by atoms with E-state index in [-0.39, 0.29) is 23.1 Å². The van der Waals surface area contributed by atoms with E-state index in [0.29, 0.717) is 0 Å². The number of carbonyl (C=O) groups excluding carboxylic acids is 1. The molecular formula is C15H22N2O2. The number of pyridine rings is 1. The molecule has 0 radical (unpaired) electrons. The second kappa shape index (κ2) is 6.04. The lowest BCUT2D eigenvalue weighted by Gasteiger charge is -2.26. The van der Waals surface area contributed by atoms with Crippen LogP contribution in [0.3, 0.4) is 0 Å². The highest BCUT2D eigenvalue weighted by Crippen LogP contribution is 2.18. The first-order valence-electron chi connectivity index (χ1n) is 7.21. The molecule has 104 valence electrons. The topological polar surface area (TPSA) is 62.0 Å². The molecule has 0 spiro atoms. The number of H-pyrrole nitrogens is 1. The van der Waals surface area contributed by atoms with Gasteiger partial charge in [0.15, 0.2) is 0 Å². The first kappa shape index (κ1) is 13.8. The molecule has 0 saturated heterocycles. The molecule has 1 saturated carbocycles. The summed E-state index contributed by atoms with van der Waals surface area (Å²) in [5.41, 5.74) is 2.02. The quantitative estimate of drug-likeness (QED) is 0.854. The van der Waals surface area contributed by atoms with Crippen LogP contribution in [0.15, 0.2) is 10.9 Å². The second-order valence-corrected chi connectivity index (χ2v) is 5.22. The van der Waals surface area contributed by atoms with Crippen LogP contribution in [0.4, 0.5) is 0 Å². The fourth-order valence-electron chi connectivity index (χ4n) is 2.38. The predicted molar refractivity (Wildman–Crippen MR) is 75.5 cm³/mol. The molecular weight excluding hydrogens is 240 g/mol. The zero-order valence-corrected chi connectivity index (χ0v) is 11.7. The monoisotopic (exact) mass is 262 g/mol. The number of aryl methyl sites for hydroxylation is 2. The Morgan fingerprint density at radius 1 is 1.42 bits per heavy atom. The van der Waals surface area contributed by atoms with Gasteiger partial charge in [-0.3, -0.25) is 9.59 Å². The van der Waals surface area contributed by atoms with Crippen LogP contribution >= 0.6 is 0 Å². The average molecular weight is 262 g/mol. The zero-order valence-electron chi connectivity index (χ0n) is 11.7. The van der Waals surface area contributed by atoms with Gasteiger partial charge in [-0.25, -0.2) is 0 Å². The Bertz CT molecular complexity index is 515. The van der Waals surface area contributed by atoms with Gasteiger partial charge in [-0.1, -0.05) is 20.3 Å². The minimum absolute atomic E-state index is 0.233. The fraction of sp³-hybridized carbons (Fsp3) is 0.600. The van der Waals surface area contributed by atoms with Crippen molar-refractivity contribution >= 4 is 5.91 Å². The molecule has 0 aromatic carbocycles. The van der Waals surface area contributed by atoms with Gasteiger partial charge in [-0.15, -0.1) is 0 Å². The summed E-state index contributed by atoms with van der Waals surface area (Å²) in [5, 5.41) is 2.92. The lowest BCUT2D eigenvalue weighted by atomic mass is 9.93. The molecule has 1 aromatic heterocycles. The summed E-state index contributed by atoms with van der Waals surface area (Å²) in [6.45, 7) is 4.12. The second-order valence-electron chi connectivity index (χ2n) is 5.22. The number of rotatable bonds is 5. The van der Waals surface area contributed by atoms with Crippen molar-refractivity contribution in [3.8, 4) is 0 Å². The average Bonchev–Trinajstić information content (AvgIpc) is 2.34. The van der Waals surface area contributed by atoms with Gasteiger partial charge >= 0.3 is 0 Å². The van der Waals surface area contributed by atoms with Crippen molar-refractivity contribution in [1.29, 1.82) is 0 Å². The molecule has 1 amide bonds. The summed E-state index contributed by atoms with van der Waals surface area (Å²) >= 11 is 0. The third-order valence-electron chi connectivity index (χ3n) is 3.78. The van der Waals surface area contributed by atoms with E-state index >= 15 is 0 Å². The zero-order chi connectivity index (χ0) is 13.8. The third kappa shape index (κ3) is 3.06. The van der Waals surface area contributed by atoms with Crippen molar-refractivity contribution in [2.24, 2.45) is 0 Å². The number of hydrogen-bond donors (Lipinski definition) is 2. The number of amides is 1. The van der Waals surface area contributed by atoms with Crippen LogP contribution in [0.2, 0.25) is 0 Å². The smallest absolute Gasteiger partial charge is 0.261 e. The molecule has 0 aliphatic heterocycles. The van der Waals surface area contributed by atoms with Crippen molar-refractivity contribution in [2.75, 3.05) is 0 Å². The van der Waals surface area contributed by atoms with Gasteiger partial charge in [0.1, 0.15) is 5.56 Å². The molecule has 1 aliphatic rings. The third-order valence-corrected chi connectivity index (χ3v) is 3.78. The van der Waals surface area contributed by atoms with Crippen LogP contribution < -0.4 is 10.9 Å². The van der Waals surface area contributed by atoms with Crippen molar-refractivity contribution < 1.29 is 4.79 Å². The number of aromatic nitrogens is 1. The van der Waals surface area contributed by atoms with Crippen molar-refractivity contribution in [2.45, 2.75) is 58.4 Å². The highest BCUT2D eigenvalue weighted by Gasteiger charge is 2.22. The maximum absolute atomic E-state index is 12.1. The summed E-state index contributed by atoms with van der Waals surface area (Å²) in [4.78, 5) is 26.9. The van der Waals surface area contributed by atoms with Crippen LogP contribution in [0.1, 0.15) is 61.1 Å². The van der Waals surface area contributed by atoms with E-state index < -0.39 is 0 Å². The number of carbonyl (C=O) groups is 1. The molecule has 1 aromatic rings. The standard InChI is InChI=1S/C15H22N2O2/c1-3-6-13-10(4-2)9-12(15(19)17-13)14(18)16-11-7-5-8-11/h9,11H,3-8H2,1-2H3,(H,16,18)(H,17,19). The Labute approximate surface area is 113 Å². The Hall–Kier alpha value is -1.58. The lowest BCUT2D eigenvalue weighted by Crippen LogP contribution is -2.41. The number of hydrogen-bond acceptors (Lipinski definition) is 2. The summed E-state index contributed by atoms with van der Waals surface area (Å²) in [7, 11) is 0. The molecule has 1 aliphatic carbocycles. The van der Waals surface area contributed by atoms with E-state index in [1.807, 2.05) is 6.92 Å². The molecule has 0 bridgehead atoms. The molecule has 2 N–H and O–H groups in total. The van der Waals surface area contributed by atoms with Gasteiger partial charge in [-0.2, -0.15) is 0 Å². The highest BCUT2D eigenvalue weighted by molar-refractivity contribution is 5.94. The van der Waals surface area contributed by atoms with E-state index in [1.165, 1.54) is 0 Å². The van der Waals surface area contributed by atoms with Crippen LogP contribution in [-0.2, 0) is 12.8 Å². The largest absolute Gasteiger partial charge is 0.349 e. The maximum atomic E-state index is 12.1. The van der Waals surface area contributed by atoms with Crippen molar-refractivity contribution in [3.63, 3.8) is 0 Å². The Balaban J connectivity index is 2.24.